The van der Waals surface area contributed by atoms with Gasteiger partial charge in [0, 0.05) is 31.8 Å². The van der Waals surface area contributed by atoms with Crippen LogP contribution >= 0.6 is 12.2 Å². The molecule has 1 fully saturated rings. The van der Waals surface area contributed by atoms with Crippen molar-refractivity contribution in [2.45, 2.75) is 36.2 Å². The lowest BCUT2D eigenvalue weighted by molar-refractivity contribution is 0.250. The molecule has 0 unspecified atom stereocenters. The van der Waals surface area contributed by atoms with Gasteiger partial charge in [-0.25, -0.2) is 13.1 Å². The Morgan fingerprint density at radius 1 is 1.14 bits per heavy atom. The molecule has 0 bridgehead atoms. The van der Waals surface area contributed by atoms with E-state index in [1.807, 2.05) is 35.2 Å². The number of aliphatic hydroxyl groups excluding tert-OH is 1. The zero-order valence-electron chi connectivity index (χ0n) is 16.2. The van der Waals surface area contributed by atoms with Gasteiger partial charge >= 0.3 is 0 Å². The van der Waals surface area contributed by atoms with Crippen LogP contribution in [-0.4, -0.2) is 55.3 Å². The Labute approximate surface area is 178 Å². The predicted molar refractivity (Wildman–Crippen MR) is 118 cm³/mol. The van der Waals surface area contributed by atoms with Gasteiger partial charge in [-0.1, -0.05) is 48.5 Å². The van der Waals surface area contributed by atoms with Crippen LogP contribution in [0.5, 0.6) is 0 Å². The van der Waals surface area contributed by atoms with E-state index >= 15 is 0 Å². The Morgan fingerprint density at radius 2 is 1.79 bits per heavy atom. The van der Waals surface area contributed by atoms with E-state index in [9.17, 15) is 13.5 Å². The average Bonchev–Trinajstić information content (AvgIpc) is 3.07. The number of benzene rings is 2. The Morgan fingerprint density at radius 3 is 2.45 bits per heavy atom. The van der Waals surface area contributed by atoms with Gasteiger partial charge < -0.3 is 15.3 Å². The second kappa shape index (κ2) is 10.2. The van der Waals surface area contributed by atoms with Crippen LogP contribution in [0, 0.1) is 0 Å². The maximum absolute atomic E-state index is 12.9. The highest BCUT2D eigenvalue weighted by molar-refractivity contribution is 7.89. The van der Waals surface area contributed by atoms with Crippen LogP contribution in [0.3, 0.4) is 0 Å². The van der Waals surface area contributed by atoms with Gasteiger partial charge in [-0.2, -0.15) is 0 Å². The highest BCUT2D eigenvalue weighted by Gasteiger charge is 2.31. The molecule has 2 atom stereocenters. The Hall–Kier alpha value is -2.00. The van der Waals surface area contributed by atoms with Gasteiger partial charge in [0.1, 0.15) is 0 Å². The SMILES string of the molecule is O=S(=O)(N[C@@H](Cc1ccccc1)CN1C(=S)NC[C@@H]1CCCO)c1ccccc1. The second-order valence-electron chi connectivity index (χ2n) is 7.18. The summed E-state index contributed by atoms with van der Waals surface area (Å²) in [6.45, 7) is 1.30. The highest BCUT2D eigenvalue weighted by Crippen LogP contribution is 2.17. The lowest BCUT2D eigenvalue weighted by atomic mass is 10.1. The molecule has 0 aromatic heterocycles. The van der Waals surface area contributed by atoms with E-state index in [4.69, 9.17) is 12.2 Å². The number of sulfonamides is 1. The minimum Gasteiger partial charge on any atom is -0.396 e. The van der Waals surface area contributed by atoms with Gasteiger partial charge in [-0.05, 0) is 49.2 Å². The first-order valence-corrected chi connectivity index (χ1v) is 11.7. The minimum atomic E-state index is -3.65. The summed E-state index contributed by atoms with van der Waals surface area (Å²) in [5.41, 5.74) is 1.05. The van der Waals surface area contributed by atoms with Crippen molar-refractivity contribution in [2.24, 2.45) is 0 Å². The first-order valence-electron chi connectivity index (χ1n) is 9.76. The van der Waals surface area contributed by atoms with E-state index in [0.29, 0.717) is 31.0 Å². The lowest BCUT2D eigenvalue weighted by Crippen LogP contribution is -2.48. The summed E-state index contributed by atoms with van der Waals surface area (Å²) in [4.78, 5) is 2.29. The van der Waals surface area contributed by atoms with Crippen molar-refractivity contribution in [1.82, 2.24) is 14.9 Å². The average molecular weight is 434 g/mol. The van der Waals surface area contributed by atoms with E-state index in [-0.39, 0.29) is 23.6 Å². The smallest absolute Gasteiger partial charge is 0.240 e. The second-order valence-corrected chi connectivity index (χ2v) is 9.28. The molecule has 0 saturated carbocycles. The third-order valence-corrected chi connectivity index (χ3v) is 6.92. The third kappa shape index (κ3) is 5.99. The molecule has 1 saturated heterocycles. The van der Waals surface area contributed by atoms with Crippen molar-refractivity contribution < 1.29 is 13.5 Å². The molecule has 8 heteroatoms. The molecule has 6 nitrogen and oxygen atoms in total. The van der Waals surface area contributed by atoms with Crippen LogP contribution in [0.4, 0.5) is 0 Å². The number of thiocarbonyl (C=S) groups is 1. The molecule has 0 amide bonds. The molecule has 3 rings (SSSR count). The maximum atomic E-state index is 12.9. The lowest BCUT2D eigenvalue weighted by Gasteiger charge is -2.30. The number of nitrogens with zero attached hydrogens (tertiary/aromatic N) is 1. The van der Waals surface area contributed by atoms with Crippen LogP contribution in [0.2, 0.25) is 0 Å². The fraction of sp³-hybridized carbons (Fsp3) is 0.381. The van der Waals surface area contributed by atoms with Crippen molar-refractivity contribution in [1.29, 1.82) is 0 Å². The summed E-state index contributed by atoms with van der Waals surface area (Å²) >= 11 is 5.46. The molecule has 1 heterocycles. The van der Waals surface area contributed by atoms with E-state index in [1.165, 1.54) is 0 Å². The molecular weight excluding hydrogens is 406 g/mol. The number of hydrogen-bond acceptors (Lipinski definition) is 4. The number of nitrogens with one attached hydrogen (secondary N) is 2. The van der Waals surface area contributed by atoms with Crippen LogP contribution in [-0.2, 0) is 16.4 Å². The Bertz CT molecular complexity index is 892. The van der Waals surface area contributed by atoms with Gasteiger partial charge in [0.2, 0.25) is 10.0 Å². The highest BCUT2D eigenvalue weighted by atomic mass is 32.2. The molecule has 29 heavy (non-hydrogen) atoms. The minimum absolute atomic E-state index is 0.130. The predicted octanol–water partition coefficient (Wildman–Crippen LogP) is 1.91. The van der Waals surface area contributed by atoms with Crippen LogP contribution in [0.25, 0.3) is 0 Å². The third-order valence-electron chi connectivity index (χ3n) is 5.00. The molecule has 0 spiro atoms. The van der Waals surface area contributed by atoms with Crippen molar-refractivity contribution in [2.75, 3.05) is 19.7 Å². The summed E-state index contributed by atoms with van der Waals surface area (Å²) in [7, 11) is -3.65. The molecule has 2 aromatic rings. The normalized spacial score (nSPS) is 17.9. The van der Waals surface area contributed by atoms with E-state index < -0.39 is 10.0 Å². The Balaban J connectivity index is 1.80. The zero-order chi connectivity index (χ0) is 20.7. The molecule has 3 N–H and O–H groups in total. The molecule has 1 aliphatic heterocycles. The quantitative estimate of drug-likeness (QED) is 0.497. The molecule has 1 aliphatic rings. The number of rotatable bonds is 10. The summed E-state index contributed by atoms with van der Waals surface area (Å²) in [5, 5.41) is 13.0. The van der Waals surface area contributed by atoms with Gasteiger partial charge in [0.05, 0.1) is 4.90 Å². The van der Waals surface area contributed by atoms with Crippen molar-refractivity contribution in [3.8, 4) is 0 Å². The first kappa shape index (κ1) is 21.7. The van der Waals surface area contributed by atoms with E-state index in [0.717, 1.165) is 12.0 Å². The van der Waals surface area contributed by atoms with Crippen molar-refractivity contribution >= 4 is 27.4 Å². The fourth-order valence-electron chi connectivity index (χ4n) is 3.57. The molecule has 156 valence electrons. The maximum Gasteiger partial charge on any atom is 0.240 e. The zero-order valence-corrected chi connectivity index (χ0v) is 17.8. The first-order chi connectivity index (χ1) is 14.0. The topological polar surface area (TPSA) is 81.7 Å². The summed E-state index contributed by atoms with van der Waals surface area (Å²) in [6, 6.07) is 18.0. The van der Waals surface area contributed by atoms with Gasteiger partial charge in [0.15, 0.2) is 5.11 Å². The van der Waals surface area contributed by atoms with Gasteiger partial charge in [-0.15, -0.1) is 0 Å². The van der Waals surface area contributed by atoms with Crippen LogP contribution < -0.4 is 10.0 Å². The van der Waals surface area contributed by atoms with Crippen LogP contribution in [0.1, 0.15) is 18.4 Å². The van der Waals surface area contributed by atoms with Crippen LogP contribution in [0.15, 0.2) is 65.6 Å². The number of hydrogen-bond donors (Lipinski definition) is 3. The van der Waals surface area contributed by atoms with E-state index in [1.54, 1.807) is 30.3 Å². The molecule has 0 radical (unpaired) electrons. The standard InChI is InChI=1S/C21H27N3O3S2/c25-13-7-10-19-15-22-21(28)24(19)16-18(14-17-8-3-1-4-9-17)23-29(26,27)20-11-5-2-6-12-20/h1-6,8-9,11-12,18-19,23,25H,7,10,13-16H2,(H,22,28)/t18-,19-/m0/s1. The fourth-order valence-corrected chi connectivity index (χ4v) is 5.12. The van der Waals surface area contributed by atoms with Gasteiger partial charge in [0.25, 0.3) is 0 Å². The summed E-state index contributed by atoms with van der Waals surface area (Å²) < 4.78 is 28.7. The summed E-state index contributed by atoms with van der Waals surface area (Å²) in [5.74, 6) is 0. The number of aliphatic hydroxyl groups is 1. The molecular formula is C21H27N3O3S2. The monoisotopic (exact) mass is 433 g/mol. The Kier molecular flexibility index (Phi) is 7.60. The largest absolute Gasteiger partial charge is 0.396 e. The van der Waals surface area contributed by atoms with Crippen molar-refractivity contribution in [3.05, 3.63) is 66.2 Å². The summed E-state index contributed by atoms with van der Waals surface area (Å²) in [6.07, 6.45) is 2.04. The molecule has 2 aromatic carbocycles. The van der Waals surface area contributed by atoms with Gasteiger partial charge in [-0.3, -0.25) is 0 Å². The van der Waals surface area contributed by atoms with E-state index in [2.05, 4.69) is 10.0 Å². The van der Waals surface area contributed by atoms with Crippen molar-refractivity contribution in [3.63, 3.8) is 0 Å². The molecule has 0 aliphatic carbocycles.